The van der Waals surface area contributed by atoms with Crippen LogP contribution in [-0.2, 0) is 11.3 Å². The lowest BCUT2D eigenvalue weighted by molar-refractivity contribution is -0.116. The summed E-state index contributed by atoms with van der Waals surface area (Å²) in [6.45, 7) is 0.680. The molecular formula is C19H20N2O3S. The standard InChI is InChI=1S/C19H20N2O3S/c22-16-10-5-4-9-15(16)20-18(23)12-2-1-7-13-21-19(24)14-8-3-6-11-17(14)25-21/h3-6,8-11,22H,1-2,7,12-13H2,(H,20,23). The highest BCUT2D eigenvalue weighted by Gasteiger charge is 2.07. The molecule has 1 heterocycles. The van der Waals surface area contributed by atoms with Gasteiger partial charge in [-0.05, 0) is 37.1 Å². The summed E-state index contributed by atoms with van der Waals surface area (Å²) in [7, 11) is 0. The molecular weight excluding hydrogens is 336 g/mol. The molecule has 2 N–H and O–H groups in total. The Morgan fingerprint density at radius 3 is 2.60 bits per heavy atom. The number of hydrogen-bond donors (Lipinski definition) is 2. The first kappa shape index (κ1) is 17.2. The van der Waals surface area contributed by atoms with Crippen LogP contribution in [0.1, 0.15) is 25.7 Å². The normalized spacial score (nSPS) is 10.9. The maximum absolute atomic E-state index is 12.2. The molecule has 1 amide bonds. The number of amides is 1. The van der Waals surface area contributed by atoms with E-state index in [2.05, 4.69) is 5.32 Å². The smallest absolute Gasteiger partial charge is 0.268 e. The predicted octanol–water partition coefficient (Wildman–Crippen LogP) is 3.97. The summed E-state index contributed by atoms with van der Waals surface area (Å²) in [6, 6.07) is 14.3. The van der Waals surface area contributed by atoms with E-state index in [1.165, 1.54) is 11.5 Å². The van der Waals surface area contributed by atoms with Gasteiger partial charge in [0.25, 0.3) is 5.56 Å². The lowest BCUT2D eigenvalue weighted by Crippen LogP contribution is -2.13. The number of phenolic OH excluding ortho intramolecular Hbond substituents is 1. The maximum atomic E-state index is 12.2. The number of unbranched alkanes of at least 4 members (excludes halogenated alkanes) is 2. The fourth-order valence-corrected chi connectivity index (χ4v) is 3.71. The number of fused-ring (bicyclic) bond motifs is 1. The van der Waals surface area contributed by atoms with Crippen molar-refractivity contribution in [1.29, 1.82) is 0 Å². The number of para-hydroxylation sites is 2. The zero-order chi connectivity index (χ0) is 17.6. The highest BCUT2D eigenvalue weighted by atomic mass is 32.1. The van der Waals surface area contributed by atoms with Gasteiger partial charge in [-0.15, -0.1) is 0 Å². The number of anilines is 1. The van der Waals surface area contributed by atoms with E-state index in [0.29, 0.717) is 18.7 Å². The molecule has 2 aromatic carbocycles. The number of benzene rings is 2. The van der Waals surface area contributed by atoms with Crippen molar-refractivity contribution in [3.63, 3.8) is 0 Å². The van der Waals surface area contributed by atoms with E-state index in [-0.39, 0.29) is 17.2 Å². The number of aromatic nitrogens is 1. The average molecular weight is 356 g/mol. The number of aryl methyl sites for hydroxylation is 1. The van der Waals surface area contributed by atoms with Crippen LogP contribution in [0.15, 0.2) is 53.3 Å². The second-order valence-corrected chi connectivity index (χ2v) is 6.93. The van der Waals surface area contributed by atoms with E-state index in [9.17, 15) is 14.7 Å². The van der Waals surface area contributed by atoms with Crippen molar-refractivity contribution in [2.45, 2.75) is 32.2 Å². The van der Waals surface area contributed by atoms with Gasteiger partial charge >= 0.3 is 0 Å². The van der Waals surface area contributed by atoms with Crippen LogP contribution in [0.25, 0.3) is 10.1 Å². The number of hydrogen-bond acceptors (Lipinski definition) is 4. The van der Waals surface area contributed by atoms with Crippen LogP contribution in [0.3, 0.4) is 0 Å². The van der Waals surface area contributed by atoms with Crippen LogP contribution in [0, 0.1) is 0 Å². The second kappa shape index (κ2) is 7.98. The molecule has 0 aliphatic heterocycles. The summed E-state index contributed by atoms with van der Waals surface area (Å²) in [4.78, 5) is 24.1. The Morgan fingerprint density at radius 2 is 1.80 bits per heavy atom. The zero-order valence-electron chi connectivity index (χ0n) is 13.8. The van der Waals surface area contributed by atoms with Gasteiger partial charge in [-0.25, -0.2) is 0 Å². The Balaban J connectivity index is 1.42. The summed E-state index contributed by atoms with van der Waals surface area (Å²) in [5.74, 6) is -0.0412. The van der Waals surface area contributed by atoms with Crippen molar-refractivity contribution < 1.29 is 9.90 Å². The van der Waals surface area contributed by atoms with Crippen molar-refractivity contribution in [3.05, 3.63) is 58.9 Å². The van der Waals surface area contributed by atoms with Gasteiger partial charge < -0.3 is 10.4 Å². The Morgan fingerprint density at radius 1 is 1.04 bits per heavy atom. The molecule has 0 saturated heterocycles. The maximum Gasteiger partial charge on any atom is 0.268 e. The summed E-state index contributed by atoms with van der Waals surface area (Å²) in [5, 5.41) is 13.1. The van der Waals surface area contributed by atoms with E-state index < -0.39 is 0 Å². The van der Waals surface area contributed by atoms with Gasteiger partial charge in [0.05, 0.1) is 15.8 Å². The number of carbonyl (C=O) groups is 1. The molecule has 3 rings (SSSR count). The number of carbonyl (C=O) groups excluding carboxylic acids is 1. The SMILES string of the molecule is O=C(CCCCCn1sc2ccccc2c1=O)Nc1ccccc1O. The minimum atomic E-state index is -0.111. The number of phenols is 1. The monoisotopic (exact) mass is 356 g/mol. The molecule has 0 radical (unpaired) electrons. The van der Waals surface area contributed by atoms with Crippen LogP contribution in [0.5, 0.6) is 5.75 Å². The summed E-state index contributed by atoms with van der Waals surface area (Å²) in [5.41, 5.74) is 0.502. The molecule has 0 atom stereocenters. The number of aromatic hydroxyl groups is 1. The minimum Gasteiger partial charge on any atom is -0.506 e. The first-order valence-electron chi connectivity index (χ1n) is 8.32. The zero-order valence-corrected chi connectivity index (χ0v) is 14.6. The van der Waals surface area contributed by atoms with Gasteiger partial charge in [0.1, 0.15) is 5.75 Å². The van der Waals surface area contributed by atoms with Crippen LogP contribution < -0.4 is 10.9 Å². The van der Waals surface area contributed by atoms with Crippen LogP contribution in [0.4, 0.5) is 5.69 Å². The third-order valence-electron chi connectivity index (χ3n) is 4.00. The number of nitrogens with one attached hydrogen (secondary N) is 1. The summed E-state index contributed by atoms with van der Waals surface area (Å²) >= 11 is 1.49. The van der Waals surface area contributed by atoms with E-state index in [1.807, 2.05) is 24.3 Å². The van der Waals surface area contributed by atoms with Gasteiger partial charge in [-0.3, -0.25) is 13.5 Å². The van der Waals surface area contributed by atoms with Crippen LogP contribution in [-0.4, -0.2) is 15.0 Å². The molecule has 5 nitrogen and oxygen atoms in total. The van der Waals surface area contributed by atoms with Crippen LogP contribution >= 0.6 is 11.5 Å². The van der Waals surface area contributed by atoms with Crippen molar-refractivity contribution in [1.82, 2.24) is 3.96 Å². The first-order chi connectivity index (χ1) is 12.1. The minimum absolute atomic E-state index is 0.0675. The van der Waals surface area contributed by atoms with Crippen molar-refractivity contribution in [2.75, 3.05) is 5.32 Å². The lowest BCUT2D eigenvalue weighted by atomic mass is 10.2. The van der Waals surface area contributed by atoms with E-state index in [1.54, 1.807) is 28.2 Å². The Hall–Kier alpha value is -2.60. The molecule has 6 heteroatoms. The molecule has 130 valence electrons. The van der Waals surface area contributed by atoms with Gasteiger partial charge in [0.15, 0.2) is 0 Å². The number of nitrogens with zero attached hydrogens (tertiary/aromatic N) is 1. The molecule has 0 saturated carbocycles. The Labute approximate surface area is 149 Å². The molecule has 25 heavy (non-hydrogen) atoms. The van der Waals surface area contributed by atoms with E-state index in [4.69, 9.17) is 0 Å². The van der Waals surface area contributed by atoms with Crippen molar-refractivity contribution in [3.8, 4) is 5.75 Å². The van der Waals surface area contributed by atoms with E-state index >= 15 is 0 Å². The molecule has 0 unspecified atom stereocenters. The number of rotatable bonds is 7. The molecule has 0 aliphatic carbocycles. The molecule has 0 fully saturated rings. The fraction of sp³-hybridized carbons (Fsp3) is 0.263. The van der Waals surface area contributed by atoms with E-state index in [0.717, 1.165) is 29.3 Å². The molecule has 0 bridgehead atoms. The largest absolute Gasteiger partial charge is 0.506 e. The molecule has 1 aromatic heterocycles. The van der Waals surface area contributed by atoms with Gasteiger partial charge in [-0.2, -0.15) is 0 Å². The average Bonchev–Trinajstić information content (AvgIpc) is 2.93. The first-order valence-corrected chi connectivity index (χ1v) is 9.09. The Kier molecular flexibility index (Phi) is 5.50. The molecule has 3 aromatic rings. The molecule has 0 spiro atoms. The van der Waals surface area contributed by atoms with Gasteiger partial charge in [-0.1, -0.05) is 42.2 Å². The third-order valence-corrected chi connectivity index (χ3v) is 5.12. The lowest BCUT2D eigenvalue weighted by Gasteiger charge is -2.06. The van der Waals surface area contributed by atoms with Crippen LogP contribution in [0.2, 0.25) is 0 Å². The fourth-order valence-electron chi connectivity index (χ4n) is 2.67. The van der Waals surface area contributed by atoms with Crippen molar-refractivity contribution in [2.24, 2.45) is 0 Å². The summed E-state index contributed by atoms with van der Waals surface area (Å²) < 4.78 is 2.79. The predicted molar refractivity (Wildman–Crippen MR) is 101 cm³/mol. The Bertz CT molecular complexity index is 930. The van der Waals surface area contributed by atoms with Crippen molar-refractivity contribution >= 4 is 33.2 Å². The molecule has 0 aliphatic rings. The summed E-state index contributed by atoms with van der Waals surface area (Å²) in [6.07, 6.45) is 2.88. The quantitative estimate of drug-likeness (QED) is 0.497. The second-order valence-electron chi connectivity index (χ2n) is 5.87. The highest BCUT2D eigenvalue weighted by Crippen LogP contribution is 2.22. The van der Waals surface area contributed by atoms with Gasteiger partial charge in [0, 0.05) is 13.0 Å². The topological polar surface area (TPSA) is 71.3 Å². The van der Waals surface area contributed by atoms with Gasteiger partial charge in [0.2, 0.25) is 5.91 Å². The highest BCUT2D eigenvalue weighted by molar-refractivity contribution is 7.13. The third kappa shape index (κ3) is 4.28.